The third-order valence-electron chi connectivity index (χ3n) is 3.28. The number of sulfone groups is 1. The van der Waals surface area contributed by atoms with Gasteiger partial charge in [0.15, 0.2) is 9.84 Å². The highest BCUT2D eigenvalue weighted by molar-refractivity contribution is 7.91. The Balaban J connectivity index is 2.10. The minimum Gasteiger partial charge on any atom is -0.393 e. The Bertz CT molecular complexity index is 325. The maximum absolute atomic E-state index is 11.3. The molecule has 2 aliphatic heterocycles. The summed E-state index contributed by atoms with van der Waals surface area (Å²) in [6.45, 7) is 0.853. The molecule has 5 nitrogen and oxygen atoms in total. The Morgan fingerprint density at radius 3 is 2.33 bits per heavy atom. The van der Waals surface area contributed by atoms with E-state index in [4.69, 9.17) is 4.74 Å². The van der Waals surface area contributed by atoms with Crippen molar-refractivity contribution in [2.24, 2.45) is 11.8 Å². The second kappa shape index (κ2) is 4.01. The van der Waals surface area contributed by atoms with E-state index in [1.165, 1.54) is 0 Å². The van der Waals surface area contributed by atoms with Crippen LogP contribution in [-0.2, 0) is 14.6 Å². The van der Waals surface area contributed by atoms with Crippen LogP contribution in [0.25, 0.3) is 0 Å². The van der Waals surface area contributed by atoms with Crippen molar-refractivity contribution in [3.63, 3.8) is 0 Å². The minimum atomic E-state index is -3.13. The summed E-state index contributed by atoms with van der Waals surface area (Å²) in [6, 6.07) is 0. The maximum atomic E-state index is 11.3. The van der Waals surface area contributed by atoms with Crippen LogP contribution in [-0.4, -0.2) is 55.6 Å². The van der Waals surface area contributed by atoms with Crippen molar-refractivity contribution < 1.29 is 23.4 Å². The highest BCUT2D eigenvalue weighted by Gasteiger charge is 2.44. The Morgan fingerprint density at radius 2 is 1.80 bits per heavy atom. The van der Waals surface area contributed by atoms with Crippen molar-refractivity contribution in [3.8, 4) is 0 Å². The van der Waals surface area contributed by atoms with Gasteiger partial charge in [-0.15, -0.1) is 0 Å². The zero-order valence-corrected chi connectivity index (χ0v) is 9.19. The first-order valence-corrected chi connectivity index (χ1v) is 6.96. The van der Waals surface area contributed by atoms with E-state index in [2.05, 4.69) is 0 Å². The summed E-state index contributed by atoms with van der Waals surface area (Å²) in [6.07, 6.45) is -0.878. The summed E-state index contributed by atoms with van der Waals surface area (Å²) >= 11 is 0. The Kier molecular flexibility index (Phi) is 3.03. The number of aliphatic hydroxyl groups excluding tert-OH is 2. The molecule has 4 atom stereocenters. The lowest BCUT2D eigenvalue weighted by atomic mass is 9.84. The fourth-order valence-corrected chi connectivity index (χ4v) is 4.38. The molecule has 15 heavy (non-hydrogen) atoms. The van der Waals surface area contributed by atoms with Gasteiger partial charge in [-0.05, 0) is 6.42 Å². The van der Waals surface area contributed by atoms with E-state index in [-0.39, 0.29) is 23.3 Å². The summed E-state index contributed by atoms with van der Waals surface area (Å²) in [5.74, 6) is -0.823. The third kappa shape index (κ3) is 2.33. The van der Waals surface area contributed by atoms with Gasteiger partial charge in [0.25, 0.3) is 0 Å². The third-order valence-corrected chi connectivity index (χ3v) is 5.02. The van der Waals surface area contributed by atoms with Crippen LogP contribution in [0.15, 0.2) is 0 Å². The van der Waals surface area contributed by atoms with Crippen molar-refractivity contribution >= 4 is 9.84 Å². The average Bonchev–Trinajstić information content (AvgIpc) is 2.40. The van der Waals surface area contributed by atoms with Gasteiger partial charge in [0, 0.05) is 18.4 Å². The van der Waals surface area contributed by atoms with Crippen LogP contribution in [0, 0.1) is 11.8 Å². The Hall–Kier alpha value is -0.170. The molecule has 0 aromatic heterocycles. The largest absolute Gasteiger partial charge is 0.393 e. The number of ether oxygens (including phenoxy) is 1. The predicted octanol–water partition coefficient (Wildman–Crippen LogP) is -1.21. The Morgan fingerprint density at radius 1 is 1.07 bits per heavy atom. The molecule has 88 valence electrons. The molecule has 0 radical (unpaired) electrons. The van der Waals surface area contributed by atoms with Gasteiger partial charge in [-0.2, -0.15) is 0 Å². The lowest BCUT2D eigenvalue weighted by molar-refractivity contribution is -0.0708. The summed E-state index contributed by atoms with van der Waals surface area (Å²) in [7, 11) is -3.13. The lowest BCUT2D eigenvalue weighted by Gasteiger charge is -2.32. The van der Waals surface area contributed by atoms with Crippen molar-refractivity contribution in [3.05, 3.63) is 0 Å². The highest BCUT2D eigenvalue weighted by atomic mass is 32.2. The van der Waals surface area contributed by atoms with Crippen molar-refractivity contribution in [2.45, 2.75) is 18.6 Å². The molecule has 0 bridgehead atoms. The highest BCUT2D eigenvalue weighted by Crippen LogP contribution is 2.31. The van der Waals surface area contributed by atoms with E-state index in [1.54, 1.807) is 0 Å². The zero-order valence-electron chi connectivity index (χ0n) is 8.37. The van der Waals surface area contributed by atoms with Crippen molar-refractivity contribution in [1.82, 2.24) is 0 Å². The maximum Gasteiger partial charge on any atom is 0.153 e. The van der Waals surface area contributed by atoms with Crippen LogP contribution >= 0.6 is 0 Å². The molecule has 0 spiro atoms. The average molecular weight is 236 g/mol. The van der Waals surface area contributed by atoms with Gasteiger partial charge in [0.2, 0.25) is 0 Å². The van der Waals surface area contributed by atoms with Crippen LogP contribution in [0.2, 0.25) is 0 Å². The van der Waals surface area contributed by atoms with Gasteiger partial charge < -0.3 is 14.9 Å². The first-order chi connectivity index (χ1) is 6.99. The molecule has 2 aliphatic rings. The van der Waals surface area contributed by atoms with Gasteiger partial charge >= 0.3 is 0 Å². The molecule has 2 fully saturated rings. The molecule has 2 heterocycles. The first kappa shape index (κ1) is 11.3. The molecule has 2 N–H and O–H groups in total. The lowest BCUT2D eigenvalue weighted by Crippen LogP contribution is -2.41. The normalized spacial score (nSPS) is 45.5. The smallest absolute Gasteiger partial charge is 0.153 e. The van der Waals surface area contributed by atoms with Gasteiger partial charge in [-0.25, -0.2) is 8.42 Å². The molecular formula is C9H16O5S. The Labute approximate surface area is 89.0 Å². The molecule has 2 rings (SSSR count). The molecular weight excluding hydrogens is 220 g/mol. The number of rotatable bonds is 1. The second-order valence-corrected chi connectivity index (χ2v) is 6.56. The van der Waals surface area contributed by atoms with Gasteiger partial charge in [-0.3, -0.25) is 0 Å². The van der Waals surface area contributed by atoms with Crippen LogP contribution in [0.4, 0.5) is 0 Å². The fraction of sp³-hybridized carbons (Fsp3) is 1.00. The minimum absolute atomic E-state index is 0.0285. The SMILES string of the molecule is O=S1(=O)CC(O)C(C2COCCC2O)C1. The summed E-state index contributed by atoms with van der Waals surface area (Å²) in [4.78, 5) is 0. The van der Waals surface area contributed by atoms with Crippen LogP contribution in [0.1, 0.15) is 6.42 Å². The van der Waals surface area contributed by atoms with Gasteiger partial charge in [-0.1, -0.05) is 0 Å². The molecule has 2 saturated heterocycles. The standard InChI is InChI=1S/C9H16O5S/c10-8-1-2-14-3-6(8)7-4-15(12,13)5-9(7)11/h6-11H,1-5H2. The van der Waals surface area contributed by atoms with Gasteiger partial charge in [0.05, 0.1) is 30.3 Å². The number of hydrogen-bond acceptors (Lipinski definition) is 5. The van der Waals surface area contributed by atoms with Crippen LogP contribution < -0.4 is 0 Å². The van der Waals surface area contributed by atoms with Crippen LogP contribution in [0.3, 0.4) is 0 Å². The quantitative estimate of drug-likeness (QED) is 0.597. The monoisotopic (exact) mass is 236 g/mol. The van der Waals surface area contributed by atoms with E-state index in [9.17, 15) is 18.6 Å². The van der Waals surface area contributed by atoms with E-state index in [1.807, 2.05) is 0 Å². The van der Waals surface area contributed by atoms with Crippen LogP contribution in [0.5, 0.6) is 0 Å². The molecule has 0 aromatic carbocycles. The first-order valence-electron chi connectivity index (χ1n) is 5.14. The molecule has 0 amide bonds. The summed E-state index contributed by atoms with van der Waals surface area (Å²) in [5, 5.41) is 19.4. The predicted molar refractivity (Wildman–Crippen MR) is 53.1 cm³/mol. The molecule has 0 saturated carbocycles. The topological polar surface area (TPSA) is 83.8 Å². The van der Waals surface area contributed by atoms with Crippen molar-refractivity contribution in [1.29, 1.82) is 0 Å². The van der Waals surface area contributed by atoms with E-state index in [0.29, 0.717) is 19.6 Å². The van der Waals surface area contributed by atoms with Crippen molar-refractivity contribution in [2.75, 3.05) is 24.7 Å². The van der Waals surface area contributed by atoms with E-state index in [0.717, 1.165) is 0 Å². The summed E-state index contributed by atoms with van der Waals surface area (Å²) in [5.41, 5.74) is 0. The number of hydrogen-bond donors (Lipinski definition) is 2. The molecule has 0 aliphatic carbocycles. The fourth-order valence-electron chi connectivity index (χ4n) is 2.42. The summed E-state index contributed by atoms with van der Waals surface area (Å²) < 4.78 is 27.9. The number of aliphatic hydroxyl groups is 2. The zero-order chi connectivity index (χ0) is 11.1. The van der Waals surface area contributed by atoms with E-state index >= 15 is 0 Å². The molecule has 4 unspecified atom stereocenters. The molecule has 0 aromatic rings. The molecule has 6 heteroatoms. The van der Waals surface area contributed by atoms with E-state index < -0.39 is 22.0 Å². The second-order valence-electron chi connectivity index (χ2n) is 4.40. The van der Waals surface area contributed by atoms with Gasteiger partial charge in [0.1, 0.15) is 0 Å².